The summed E-state index contributed by atoms with van der Waals surface area (Å²) in [5.74, 6) is 0.635. The molecular formula is C20H19NO6. The molecule has 0 saturated heterocycles. The fourth-order valence-electron chi connectivity index (χ4n) is 2.33. The van der Waals surface area contributed by atoms with E-state index in [1.165, 1.54) is 33.3 Å². The van der Waals surface area contributed by atoms with Crippen molar-refractivity contribution < 1.29 is 28.5 Å². The lowest BCUT2D eigenvalue weighted by Gasteiger charge is -2.14. The van der Waals surface area contributed by atoms with Gasteiger partial charge in [-0.3, -0.25) is 4.79 Å². The fraction of sp³-hybridized carbons (Fsp3) is 0.250. The SMILES string of the molecule is COc1cc(C(C)=O)ccc1COc1ccc(C(=O)OCC#N)cc1OC. The Kier molecular flexibility index (Phi) is 6.78. The van der Waals surface area contributed by atoms with Gasteiger partial charge in [-0.05, 0) is 31.2 Å². The molecule has 7 heteroatoms. The molecule has 7 nitrogen and oxygen atoms in total. The summed E-state index contributed by atoms with van der Waals surface area (Å²) in [7, 11) is 2.97. The third-order valence-electron chi connectivity index (χ3n) is 3.74. The number of carbonyl (C=O) groups is 2. The van der Waals surface area contributed by atoms with E-state index in [1.54, 1.807) is 30.3 Å². The van der Waals surface area contributed by atoms with Gasteiger partial charge >= 0.3 is 5.97 Å². The highest BCUT2D eigenvalue weighted by Gasteiger charge is 2.14. The van der Waals surface area contributed by atoms with Gasteiger partial charge in [0.25, 0.3) is 0 Å². The van der Waals surface area contributed by atoms with Crippen LogP contribution in [0.25, 0.3) is 0 Å². The van der Waals surface area contributed by atoms with E-state index in [9.17, 15) is 9.59 Å². The molecule has 0 aliphatic carbocycles. The van der Waals surface area contributed by atoms with Crippen LogP contribution in [0.4, 0.5) is 0 Å². The Morgan fingerprint density at radius 3 is 2.26 bits per heavy atom. The minimum atomic E-state index is -0.622. The van der Waals surface area contributed by atoms with Gasteiger partial charge in [0.05, 0.1) is 19.8 Å². The van der Waals surface area contributed by atoms with Crippen molar-refractivity contribution in [3.63, 3.8) is 0 Å². The van der Waals surface area contributed by atoms with Crippen LogP contribution >= 0.6 is 0 Å². The van der Waals surface area contributed by atoms with Crippen molar-refractivity contribution >= 4 is 11.8 Å². The van der Waals surface area contributed by atoms with Gasteiger partial charge in [0, 0.05) is 11.1 Å². The number of ketones is 1. The number of hydrogen-bond donors (Lipinski definition) is 0. The predicted octanol–water partition coefficient (Wildman–Crippen LogP) is 3.17. The Balaban J connectivity index is 2.17. The normalized spacial score (nSPS) is 9.85. The number of hydrogen-bond acceptors (Lipinski definition) is 7. The third-order valence-corrected chi connectivity index (χ3v) is 3.74. The number of methoxy groups -OCH3 is 2. The molecular weight excluding hydrogens is 350 g/mol. The van der Waals surface area contributed by atoms with E-state index in [4.69, 9.17) is 24.2 Å². The first-order valence-electron chi connectivity index (χ1n) is 8.03. The first kappa shape index (κ1) is 19.8. The summed E-state index contributed by atoms with van der Waals surface area (Å²) in [6.07, 6.45) is 0. The summed E-state index contributed by atoms with van der Waals surface area (Å²) in [6.45, 7) is 1.34. The molecule has 0 aliphatic heterocycles. The van der Waals surface area contributed by atoms with Crippen molar-refractivity contribution in [1.82, 2.24) is 0 Å². The molecule has 0 N–H and O–H groups in total. The minimum absolute atomic E-state index is 0.0543. The largest absolute Gasteiger partial charge is 0.496 e. The average Bonchev–Trinajstić information content (AvgIpc) is 2.69. The van der Waals surface area contributed by atoms with Crippen molar-refractivity contribution in [1.29, 1.82) is 5.26 Å². The van der Waals surface area contributed by atoms with E-state index in [0.717, 1.165) is 5.56 Å². The third kappa shape index (κ3) is 4.98. The van der Waals surface area contributed by atoms with Crippen LogP contribution in [0.5, 0.6) is 17.2 Å². The summed E-state index contributed by atoms with van der Waals surface area (Å²) in [4.78, 5) is 23.3. The number of benzene rings is 2. The zero-order valence-corrected chi connectivity index (χ0v) is 15.3. The van der Waals surface area contributed by atoms with Gasteiger partial charge in [-0.1, -0.05) is 12.1 Å². The van der Waals surface area contributed by atoms with E-state index in [1.807, 2.05) is 0 Å². The Bertz CT molecular complexity index is 885. The number of Topliss-reactive ketones (excluding diaryl/α,β-unsaturated/α-hetero) is 1. The number of esters is 1. The summed E-state index contributed by atoms with van der Waals surface area (Å²) < 4.78 is 21.1. The van der Waals surface area contributed by atoms with Gasteiger partial charge in [0.1, 0.15) is 18.4 Å². The van der Waals surface area contributed by atoms with Gasteiger partial charge < -0.3 is 18.9 Å². The van der Waals surface area contributed by atoms with Crippen molar-refractivity contribution in [3.05, 3.63) is 53.1 Å². The number of nitrogens with zero attached hydrogens (tertiary/aromatic N) is 1. The minimum Gasteiger partial charge on any atom is -0.496 e. The molecule has 0 amide bonds. The lowest BCUT2D eigenvalue weighted by Crippen LogP contribution is -2.06. The van der Waals surface area contributed by atoms with Crippen LogP contribution in [0.2, 0.25) is 0 Å². The summed E-state index contributed by atoms with van der Waals surface area (Å²) in [6, 6.07) is 11.4. The molecule has 140 valence electrons. The van der Waals surface area contributed by atoms with Crippen LogP contribution in [-0.4, -0.2) is 32.6 Å². The predicted molar refractivity (Wildman–Crippen MR) is 96.2 cm³/mol. The highest BCUT2D eigenvalue weighted by molar-refractivity contribution is 5.94. The first-order chi connectivity index (χ1) is 13.0. The lowest BCUT2D eigenvalue weighted by molar-refractivity contribution is 0.0554. The van der Waals surface area contributed by atoms with E-state index < -0.39 is 5.97 Å². The van der Waals surface area contributed by atoms with Crippen LogP contribution < -0.4 is 14.2 Å². The van der Waals surface area contributed by atoms with E-state index in [2.05, 4.69) is 0 Å². The van der Waals surface area contributed by atoms with Crippen LogP contribution in [0, 0.1) is 11.3 Å². The molecule has 0 unspecified atom stereocenters. The van der Waals surface area contributed by atoms with Gasteiger partial charge in [-0.25, -0.2) is 4.79 Å². The maximum atomic E-state index is 11.8. The van der Waals surface area contributed by atoms with Crippen LogP contribution in [-0.2, 0) is 11.3 Å². The standard InChI is InChI=1S/C20H19NO6/c1-13(22)14-4-5-16(18(10-14)24-2)12-27-17-7-6-15(11-19(17)25-3)20(23)26-9-8-21/h4-7,10-11H,9,12H2,1-3H3. The molecule has 27 heavy (non-hydrogen) atoms. The Morgan fingerprint density at radius 2 is 1.63 bits per heavy atom. The molecule has 0 atom stereocenters. The summed E-state index contributed by atoms with van der Waals surface area (Å²) in [5.41, 5.74) is 1.55. The maximum absolute atomic E-state index is 11.8. The molecule has 0 radical (unpaired) electrons. The molecule has 0 fully saturated rings. The second-order valence-electron chi connectivity index (χ2n) is 5.47. The smallest absolute Gasteiger partial charge is 0.339 e. The second kappa shape index (κ2) is 9.25. The van der Waals surface area contributed by atoms with E-state index in [0.29, 0.717) is 22.8 Å². The van der Waals surface area contributed by atoms with Crippen LogP contribution in [0.3, 0.4) is 0 Å². The van der Waals surface area contributed by atoms with Crippen molar-refractivity contribution in [2.24, 2.45) is 0 Å². The molecule has 2 aromatic carbocycles. The molecule has 0 aromatic heterocycles. The molecule has 2 aromatic rings. The van der Waals surface area contributed by atoms with Crippen LogP contribution in [0.1, 0.15) is 33.2 Å². The van der Waals surface area contributed by atoms with Gasteiger partial charge in [0.2, 0.25) is 0 Å². The molecule has 0 saturated carbocycles. The van der Waals surface area contributed by atoms with Gasteiger partial charge in [-0.15, -0.1) is 0 Å². The van der Waals surface area contributed by atoms with Gasteiger partial charge in [-0.2, -0.15) is 5.26 Å². The molecule has 0 bridgehead atoms. The molecule has 0 aliphatic rings. The number of nitriles is 1. The highest BCUT2D eigenvalue weighted by Crippen LogP contribution is 2.30. The summed E-state index contributed by atoms with van der Waals surface area (Å²) >= 11 is 0. The topological polar surface area (TPSA) is 94.9 Å². The Hall–Kier alpha value is -3.53. The fourth-order valence-corrected chi connectivity index (χ4v) is 2.33. The lowest BCUT2D eigenvalue weighted by atomic mass is 10.1. The quantitative estimate of drug-likeness (QED) is 0.521. The zero-order chi connectivity index (χ0) is 19.8. The van der Waals surface area contributed by atoms with Crippen LogP contribution in [0.15, 0.2) is 36.4 Å². The zero-order valence-electron chi connectivity index (χ0n) is 15.3. The monoisotopic (exact) mass is 369 g/mol. The Labute approximate surface area is 157 Å². The number of ether oxygens (including phenoxy) is 4. The molecule has 2 rings (SSSR count). The molecule has 0 heterocycles. The Morgan fingerprint density at radius 1 is 0.963 bits per heavy atom. The van der Waals surface area contributed by atoms with Crippen molar-refractivity contribution in [2.45, 2.75) is 13.5 Å². The number of rotatable bonds is 8. The van der Waals surface area contributed by atoms with Crippen molar-refractivity contribution in [2.75, 3.05) is 20.8 Å². The van der Waals surface area contributed by atoms with E-state index >= 15 is 0 Å². The maximum Gasteiger partial charge on any atom is 0.339 e. The van der Waals surface area contributed by atoms with Gasteiger partial charge in [0.15, 0.2) is 23.9 Å². The van der Waals surface area contributed by atoms with Crippen molar-refractivity contribution in [3.8, 4) is 23.3 Å². The highest BCUT2D eigenvalue weighted by atomic mass is 16.5. The summed E-state index contributed by atoms with van der Waals surface area (Å²) in [5, 5.41) is 8.47. The second-order valence-corrected chi connectivity index (χ2v) is 5.47. The average molecular weight is 369 g/mol. The first-order valence-corrected chi connectivity index (χ1v) is 8.03. The number of carbonyl (C=O) groups excluding carboxylic acids is 2. The van der Waals surface area contributed by atoms with E-state index in [-0.39, 0.29) is 24.6 Å². The molecule has 0 spiro atoms.